The van der Waals surface area contributed by atoms with E-state index in [1.165, 1.54) is 30.2 Å². The average molecular weight is 449 g/mol. The van der Waals surface area contributed by atoms with Gasteiger partial charge < -0.3 is 5.32 Å². The standard InChI is InChI=1S/C25H28N4O2S/c1-2-3-5-18-8-10-20(11-9-18)27-23(30)17-32-24-21-6-4-7-22(21)29(25(31)28-24)16-19-12-14-26-15-13-19/h8-15H,2-7,16-17H2,1H3,(H,27,30). The molecule has 2 heterocycles. The molecule has 6 nitrogen and oxygen atoms in total. The normalized spacial score (nSPS) is 12.5. The fourth-order valence-corrected chi connectivity index (χ4v) is 4.88. The summed E-state index contributed by atoms with van der Waals surface area (Å²) in [6, 6.07) is 11.9. The van der Waals surface area contributed by atoms with Gasteiger partial charge in [-0.1, -0.05) is 37.2 Å². The maximum Gasteiger partial charge on any atom is 0.349 e. The van der Waals surface area contributed by atoms with Crippen molar-refractivity contribution in [3.63, 3.8) is 0 Å². The Labute approximate surface area is 192 Å². The first-order valence-corrected chi connectivity index (χ1v) is 12.2. The largest absolute Gasteiger partial charge is 0.349 e. The predicted octanol–water partition coefficient (Wildman–Crippen LogP) is 4.25. The molecule has 0 saturated heterocycles. The minimum atomic E-state index is -0.256. The molecular weight excluding hydrogens is 420 g/mol. The Kier molecular flexibility index (Phi) is 7.37. The van der Waals surface area contributed by atoms with Crippen LogP contribution in [0, 0.1) is 0 Å². The number of nitrogens with one attached hydrogen (secondary N) is 1. The molecule has 0 saturated carbocycles. The number of fused-ring (bicyclic) bond motifs is 1. The average Bonchev–Trinajstić information content (AvgIpc) is 3.30. The number of aromatic nitrogens is 3. The summed E-state index contributed by atoms with van der Waals surface area (Å²) in [4.78, 5) is 33.6. The first kappa shape index (κ1) is 22.3. The van der Waals surface area contributed by atoms with Gasteiger partial charge in [0.25, 0.3) is 0 Å². The molecule has 166 valence electrons. The van der Waals surface area contributed by atoms with E-state index in [0.29, 0.717) is 11.6 Å². The van der Waals surface area contributed by atoms with Crippen LogP contribution in [0.1, 0.15) is 48.6 Å². The molecule has 1 aromatic carbocycles. The van der Waals surface area contributed by atoms with Crippen molar-refractivity contribution in [1.82, 2.24) is 14.5 Å². The Morgan fingerprint density at radius 3 is 2.62 bits per heavy atom. The van der Waals surface area contributed by atoms with Crippen molar-refractivity contribution >= 4 is 23.4 Å². The van der Waals surface area contributed by atoms with E-state index in [1.807, 2.05) is 24.3 Å². The second kappa shape index (κ2) is 10.6. The molecule has 0 bridgehead atoms. The number of benzene rings is 1. The third kappa shape index (κ3) is 5.46. The summed E-state index contributed by atoms with van der Waals surface area (Å²) in [5.74, 6) is 0.135. The highest BCUT2D eigenvalue weighted by Crippen LogP contribution is 2.29. The lowest BCUT2D eigenvalue weighted by atomic mass is 10.1. The number of hydrogen-bond donors (Lipinski definition) is 1. The van der Waals surface area contributed by atoms with Gasteiger partial charge in [0.2, 0.25) is 5.91 Å². The monoisotopic (exact) mass is 448 g/mol. The van der Waals surface area contributed by atoms with Gasteiger partial charge in [-0.05, 0) is 67.5 Å². The quantitative estimate of drug-likeness (QED) is 0.391. The first-order chi connectivity index (χ1) is 15.6. The topological polar surface area (TPSA) is 76.9 Å². The van der Waals surface area contributed by atoms with Gasteiger partial charge in [-0.3, -0.25) is 14.3 Å². The number of nitrogens with zero attached hydrogens (tertiary/aromatic N) is 3. The molecule has 0 atom stereocenters. The molecule has 4 rings (SSSR count). The fourth-order valence-electron chi connectivity index (χ4n) is 4.01. The summed E-state index contributed by atoms with van der Waals surface area (Å²) >= 11 is 1.35. The van der Waals surface area contributed by atoms with E-state index in [0.717, 1.165) is 48.2 Å². The van der Waals surface area contributed by atoms with Crippen LogP contribution >= 0.6 is 11.8 Å². The molecule has 0 unspecified atom stereocenters. The number of hydrogen-bond acceptors (Lipinski definition) is 5. The molecule has 0 spiro atoms. The second-order valence-corrected chi connectivity index (χ2v) is 9.02. The van der Waals surface area contributed by atoms with Gasteiger partial charge in [0.05, 0.1) is 12.3 Å². The lowest BCUT2D eigenvalue weighted by molar-refractivity contribution is -0.113. The molecule has 0 fully saturated rings. The Morgan fingerprint density at radius 2 is 1.88 bits per heavy atom. The molecule has 0 radical (unpaired) electrons. The SMILES string of the molecule is CCCCc1ccc(NC(=O)CSc2nc(=O)n(Cc3ccncc3)c3c2CCC3)cc1. The van der Waals surface area contributed by atoms with Crippen molar-refractivity contribution in [2.45, 2.75) is 57.0 Å². The van der Waals surface area contributed by atoms with E-state index in [-0.39, 0.29) is 17.3 Å². The van der Waals surface area contributed by atoms with Crippen LogP contribution in [0.4, 0.5) is 5.69 Å². The van der Waals surface area contributed by atoms with Crippen molar-refractivity contribution in [2.75, 3.05) is 11.1 Å². The number of carbonyl (C=O) groups excluding carboxylic acids is 1. The molecule has 7 heteroatoms. The summed E-state index contributed by atoms with van der Waals surface area (Å²) < 4.78 is 1.77. The Hall–Kier alpha value is -2.93. The van der Waals surface area contributed by atoms with E-state index in [2.05, 4.69) is 34.3 Å². The molecule has 3 aromatic rings. The van der Waals surface area contributed by atoms with E-state index in [1.54, 1.807) is 17.0 Å². The lowest BCUT2D eigenvalue weighted by Gasteiger charge is -2.14. The van der Waals surface area contributed by atoms with E-state index in [4.69, 9.17) is 0 Å². The van der Waals surface area contributed by atoms with Gasteiger partial charge in [0, 0.05) is 29.3 Å². The van der Waals surface area contributed by atoms with Crippen molar-refractivity contribution in [1.29, 1.82) is 0 Å². The van der Waals surface area contributed by atoms with Crippen LogP contribution in [-0.2, 0) is 30.6 Å². The highest BCUT2D eigenvalue weighted by Gasteiger charge is 2.22. The summed E-state index contributed by atoms with van der Waals surface area (Å²) in [6.45, 7) is 2.68. The number of amides is 1. The van der Waals surface area contributed by atoms with Gasteiger partial charge in [0.15, 0.2) is 0 Å². The predicted molar refractivity (Wildman–Crippen MR) is 128 cm³/mol. The van der Waals surface area contributed by atoms with E-state index < -0.39 is 0 Å². The molecule has 1 aliphatic carbocycles. The van der Waals surface area contributed by atoms with Crippen LogP contribution in [0.2, 0.25) is 0 Å². The first-order valence-electron chi connectivity index (χ1n) is 11.2. The van der Waals surface area contributed by atoms with Crippen LogP contribution in [0.25, 0.3) is 0 Å². The van der Waals surface area contributed by atoms with E-state index in [9.17, 15) is 9.59 Å². The van der Waals surface area contributed by atoms with Crippen molar-refractivity contribution in [3.05, 3.63) is 81.7 Å². The van der Waals surface area contributed by atoms with Crippen molar-refractivity contribution < 1.29 is 4.79 Å². The number of anilines is 1. The van der Waals surface area contributed by atoms with Crippen molar-refractivity contribution in [2.24, 2.45) is 0 Å². The highest BCUT2D eigenvalue weighted by atomic mass is 32.2. The van der Waals surface area contributed by atoms with Crippen LogP contribution < -0.4 is 11.0 Å². The number of rotatable bonds is 9. The molecule has 0 aliphatic heterocycles. The zero-order chi connectivity index (χ0) is 22.3. The maximum atomic E-state index is 12.8. The molecule has 1 amide bonds. The third-order valence-electron chi connectivity index (χ3n) is 5.69. The summed E-state index contributed by atoms with van der Waals surface area (Å²) in [6.07, 6.45) is 9.61. The molecule has 1 N–H and O–H groups in total. The Morgan fingerprint density at radius 1 is 1.09 bits per heavy atom. The van der Waals surface area contributed by atoms with Crippen LogP contribution in [-0.4, -0.2) is 26.2 Å². The number of thioether (sulfide) groups is 1. The number of pyridine rings is 1. The Balaban J connectivity index is 1.41. The number of carbonyl (C=O) groups is 1. The van der Waals surface area contributed by atoms with Crippen LogP contribution in [0.5, 0.6) is 0 Å². The van der Waals surface area contributed by atoms with Gasteiger partial charge in [-0.25, -0.2) is 4.79 Å². The zero-order valence-corrected chi connectivity index (χ0v) is 19.2. The fraction of sp³-hybridized carbons (Fsp3) is 0.360. The Bertz CT molecular complexity index is 1130. The smallest absolute Gasteiger partial charge is 0.325 e. The summed E-state index contributed by atoms with van der Waals surface area (Å²) in [7, 11) is 0. The number of aryl methyl sites for hydroxylation is 1. The number of unbranched alkanes of at least 4 members (excludes halogenated alkanes) is 1. The lowest BCUT2D eigenvalue weighted by Crippen LogP contribution is -2.28. The van der Waals surface area contributed by atoms with Gasteiger partial charge in [-0.2, -0.15) is 4.98 Å². The summed E-state index contributed by atoms with van der Waals surface area (Å²) in [5, 5.41) is 3.64. The van der Waals surface area contributed by atoms with Crippen molar-refractivity contribution in [3.8, 4) is 0 Å². The zero-order valence-electron chi connectivity index (χ0n) is 18.3. The minimum Gasteiger partial charge on any atom is -0.325 e. The van der Waals surface area contributed by atoms with Gasteiger partial charge >= 0.3 is 5.69 Å². The summed E-state index contributed by atoms with van der Waals surface area (Å²) in [5.41, 5.74) is 5.00. The highest BCUT2D eigenvalue weighted by molar-refractivity contribution is 8.00. The van der Waals surface area contributed by atoms with E-state index >= 15 is 0 Å². The molecule has 2 aromatic heterocycles. The van der Waals surface area contributed by atoms with Gasteiger partial charge in [-0.15, -0.1) is 0 Å². The molecular formula is C25H28N4O2S. The van der Waals surface area contributed by atoms with Crippen LogP contribution in [0.3, 0.4) is 0 Å². The minimum absolute atomic E-state index is 0.0918. The second-order valence-electron chi connectivity index (χ2n) is 8.06. The third-order valence-corrected chi connectivity index (χ3v) is 6.71. The van der Waals surface area contributed by atoms with Crippen LogP contribution in [0.15, 0.2) is 58.6 Å². The maximum absolute atomic E-state index is 12.8. The molecule has 32 heavy (non-hydrogen) atoms. The molecule has 1 aliphatic rings. The van der Waals surface area contributed by atoms with Gasteiger partial charge in [0.1, 0.15) is 5.03 Å².